The third kappa shape index (κ3) is 4.86. The molecule has 1 aromatic rings. The summed E-state index contributed by atoms with van der Waals surface area (Å²) < 4.78 is 0. The number of nitrogens with zero attached hydrogens (tertiary/aromatic N) is 9. The predicted octanol–water partition coefficient (Wildman–Crippen LogP) is 1.13. The summed E-state index contributed by atoms with van der Waals surface area (Å²) in [5, 5.41) is 12.4. The zero-order chi connectivity index (χ0) is 20.9. The first-order chi connectivity index (χ1) is 14.6. The Morgan fingerprint density at radius 3 is 1.10 bits per heavy atom. The molecule has 3 fully saturated rings. The molecule has 0 spiro atoms. The quantitative estimate of drug-likeness (QED) is 0.628. The number of rotatable bonds is 6. The number of amidine groups is 3. The Bertz CT molecular complexity index is 736. The third-order valence-electron chi connectivity index (χ3n) is 5.28. The number of oxime groups is 3. The Balaban J connectivity index is 1.53. The van der Waals surface area contributed by atoms with E-state index >= 15 is 0 Å². The second-order valence-electron chi connectivity index (χ2n) is 7.55. The normalized spacial score (nSPS) is 23.3. The van der Waals surface area contributed by atoms with Crippen LogP contribution in [0.15, 0.2) is 15.5 Å². The molecule has 0 saturated carbocycles. The second-order valence-corrected chi connectivity index (χ2v) is 7.55. The fourth-order valence-electron chi connectivity index (χ4n) is 3.45. The Morgan fingerprint density at radius 2 is 0.867 bits per heavy atom. The van der Waals surface area contributed by atoms with Crippen LogP contribution in [0.3, 0.4) is 0 Å². The molecule has 3 aliphatic rings. The smallest absolute Gasteiger partial charge is 0.355 e. The summed E-state index contributed by atoms with van der Waals surface area (Å²) in [6, 6.07) is -0.117. The summed E-state index contributed by atoms with van der Waals surface area (Å²) >= 11 is 0. The van der Waals surface area contributed by atoms with Crippen molar-refractivity contribution in [3.8, 4) is 18.0 Å². The van der Waals surface area contributed by atoms with Crippen molar-refractivity contribution in [1.82, 2.24) is 29.7 Å². The molecule has 162 valence electrons. The van der Waals surface area contributed by atoms with Crippen molar-refractivity contribution in [3.63, 3.8) is 0 Å². The number of aromatic nitrogens is 3. The van der Waals surface area contributed by atoms with Crippen LogP contribution in [0.4, 0.5) is 0 Å². The van der Waals surface area contributed by atoms with Crippen LogP contribution in [0, 0.1) is 0 Å². The second kappa shape index (κ2) is 9.09. The maximum atomic E-state index is 5.43. The lowest BCUT2D eigenvalue weighted by molar-refractivity contribution is 0.244. The van der Waals surface area contributed by atoms with Gasteiger partial charge in [-0.05, 0) is 19.3 Å². The van der Waals surface area contributed by atoms with Gasteiger partial charge in [0.15, 0.2) is 0 Å². The first-order valence-corrected chi connectivity index (χ1v) is 10.2. The molecule has 4 heterocycles. The number of hydrogen-bond acceptors (Lipinski definition) is 9. The molecule has 12 heteroatoms. The highest BCUT2D eigenvalue weighted by atomic mass is 16.7. The van der Waals surface area contributed by atoms with E-state index in [-0.39, 0.29) is 18.0 Å². The fourth-order valence-corrected chi connectivity index (χ4v) is 3.45. The monoisotopic (exact) mass is 417 g/mol. The van der Waals surface area contributed by atoms with Gasteiger partial charge in [-0.2, -0.15) is 0 Å². The van der Waals surface area contributed by atoms with Gasteiger partial charge < -0.3 is 29.2 Å². The van der Waals surface area contributed by atoms with Gasteiger partial charge in [-0.15, -0.1) is 15.0 Å². The van der Waals surface area contributed by atoms with E-state index < -0.39 is 0 Å². The molecule has 12 nitrogen and oxygen atoms in total. The topological polar surface area (TPSA) is 113 Å². The van der Waals surface area contributed by atoms with Gasteiger partial charge in [-0.25, -0.2) is 0 Å². The highest BCUT2D eigenvalue weighted by Crippen LogP contribution is 2.18. The van der Waals surface area contributed by atoms with Gasteiger partial charge in [0, 0.05) is 60.0 Å². The highest BCUT2D eigenvalue weighted by molar-refractivity contribution is 5.84. The van der Waals surface area contributed by atoms with Crippen molar-refractivity contribution in [2.75, 3.05) is 40.8 Å². The van der Waals surface area contributed by atoms with Crippen LogP contribution in [-0.4, -0.2) is 87.9 Å². The molecule has 0 unspecified atom stereocenters. The van der Waals surface area contributed by atoms with E-state index in [2.05, 4.69) is 30.4 Å². The molecule has 4 rings (SSSR count). The molecule has 1 aromatic heterocycles. The summed E-state index contributed by atoms with van der Waals surface area (Å²) in [6.07, 6.45) is 5.63. The lowest BCUT2D eigenvalue weighted by Gasteiger charge is -2.11. The molecular formula is C18H27N9O3. The van der Waals surface area contributed by atoms with Gasteiger partial charge in [0.05, 0.1) is 0 Å². The SMILES string of the molecule is CN1CCCC1=NOc1nc(ON=C2CCCN2C)nc(ON=C2CCCN2C)n1. The van der Waals surface area contributed by atoms with E-state index in [1.165, 1.54) is 0 Å². The van der Waals surface area contributed by atoms with Crippen molar-refractivity contribution in [2.45, 2.75) is 38.5 Å². The minimum absolute atomic E-state index is 0.0391. The van der Waals surface area contributed by atoms with Crippen LogP contribution in [0.5, 0.6) is 18.0 Å². The van der Waals surface area contributed by atoms with Gasteiger partial charge >= 0.3 is 18.0 Å². The van der Waals surface area contributed by atoms with Crippen LogP contribution in [0.2, 0.25) is 0 Å². The molecule has 0 N–H and O–H groups in total. The Morgan fingerprint density at radius 1 is 0.567 bits per heavy atom. The molecule has 0 aromatic carbocycles. The zero-order valence-corrected chi connectivity index (χ0v) is 17.6. The van der Waals surface area contributed by atoms with Crippen LogP contribution in [0.25, 0.3) is 0 Å². The van der Waals surface area contributed by atoms with E-state index in [0.717, 1.165) is 75.7 Å². The van der Waals surface area contributed by atoms with Crippen molar-refractivity contribution in [1.29, 1.82) is 0 Å². The maximum absolute atomic E-state index is 5.43. The zero-order valence-electron chi connectivity index (χ0n) is 17.6. The average molecular weight is 417 g/mol. The van der Waals surface area contributed by atoms with E-state index in [0.29, 0.717) is 0 Å². The van der Waals surface area contributed by atoms with Crippen LogP contribution >= 0.6 is 0 Å². The number of hydrogen-bond donors (Lipinski definition) is 0. The molecule has 3 aliphatic heterocycles. The summed E-state index contributed by atoms with van der Waals surface area (Å²) in [5.74, 6) is 2.50. The van der Waals surface area contributed by atoms with E-state index in [1.54, 1.807) is 0 Å². The minimum Gasteiger partial charge on any atom is -0.360 e. The first-order valence-electron chi connectivity index (χ1n) is 10.2. The first kappa shape index (κ1) is 20.1. The van der Waals surface area contributed by atoms with Crippen LogP contribution < -0.4 is 14.5 Å². The van der Waals surface area contributed by atoms with Gasteiger partial charge in [0.25, 0.3) is 0 Å². The van der Waals surface area contributed by atoms with Crippen molar-refractivity contribution in [2.24, 2.45) is 15.5 Å². The van der Waals surface area contributed by atoms with Gasteiger partial charge in [-0.3, -0.25) is 0 Å². The van der Waals surface area contributed by atoms with Crippen LogP contribution in [-0.2, 0) is 0 Å². The third-order valence-corrected chi connectivity index (χ3v) is 5.28. The maximum Gasteiger partial charge on any atom is 0.355 e. The standard InChI is InChI=1S/C18H27N9O3/c1-25-10-4-7-13(25)22-28-16-19-17(29-23-14-8-5-11-26(14)2)21-18(20-16)30-24-15-9-6-12-27(15)3/h4-12H2,1-3H3. The average Bonchev–Trinajstić information content (AvgIpc) is 3.45. The molecule has 0 bridgehead atoms. The lowest BCUT2D eigenvalue weighted by atomic mass is 10.4. The van der Waals surface area contributed by atoms with Crippen molar-refractivity contribution >= 4 is 17.5 Å². The summed E-state index contributed by atoms with van der Waals surface area (Å²) in [7, 11) is 5.90. The number of likely N-dealkylation sites (tertiary alicyclic amines) is 3. The van der Waals surface area contributed by atoms with Crippen molar-refractivity contribution in [3.05, 3.63) is 0 Å². The van der Waals surface area contributed by atoms with Gasteiger partial charge in [0.1, 0.15) is 17.5 Å². The Labute approximate surface area is 175 Å². The van der Waals surface area contributed by atoms with E-state index in [9.17, 15) is 0 Å². The van der Waals surface area contributed by atoms with Gasteiger partial charge in [-0.1, -0.05) is 15.5 Å². The lowest BCUT2D eigenvalue weighted by Crippen LogP contribution is -2.20. The molecular weight excluding hydrogens is 390 g/mol. The molecule has 0 atom stereocenters. The van der Waals surface area contributed by atoms with E-state index in [1.807, 2.05) is 35.8 Å². The summed E-state index contributed by atoms with van der Waals surface area (Å²) in [5.41, 5.74) is 0. The molecule has 0 amide bonds. The Kier molecular flexibility index (Phi) is 6.10. The summed E-state index contributed by atoms with van der Waals surface area (Å²) in [6.45, 7) is 2.83. The molecule has 0 radical (unpaired) electrons. The van der Waals surface area contributed by atoms with Crippen molar-refractivity contribution < 1.29 is 14.5 Å². The minimum atomic E-state index is -0.0391. The van der Waals surface area contributed by atoms with Gasteiger partial charge in [0.2, 0.25) is 0 Å². The fraction of sp³-hybridized carbons (Fsp3) is 0.667. The predicted molar refractivity (Wildman–Crippen MR) is 110 cm³/mol. The molecule has 30 heavy (non-hydrogen) atoms. The highest BCUT2D eigenvalue weighted by Gasteiger charge is 2.19. The summed E-state index contributed by atoms with van der Waals surface area (Å²) in [4.78, 5) is 34.8. The largest absolute Gasteiger partial charge is 0.360 e. The van der Waals surface area contributed by atoms with E-state index in [4.69, 9.17) is 14.5 Å². The van der Waals surface area contributed by atoms with Crippen LogP contribution in [0.1, 0.15) is 38.5 Å². The Hall–Kier alpha value is -3.18. The molecule has 0 aliphatic carbocycles. The molecule has 3 saturated heterocycles.